The molecule has 51 heavy (non-hydrogen) atoms. The maximum atomic E-state index is 17.6. The molecule has 1 saturated heterocycles. The number of amides is 1. The molecule has 4 aliphatic carbocycles. The number of halogens is 2. The Balaban J connectivity index is 1.32. The number of nitrogens with one attached hydrogen (secondary N) is 1. The summed E-state index contributed by atoms with van der Waals surface area (Å²) in [7, 11) is 0. The van der Waals surface area contributed by atoms with Crippen molar-refractivity contribution in [3.05, 3.63) is 33.9 Å². The smallest absolute Gasteiger partial charge is 0.329 e. The number of allylic oxidation sites excluding steroid dienone is 4. The van der Waals surface area contributed by atoms with Gasteiger partial charge in [0.05, 0.1) is 31.8 Å². The van der Waals surface area contributed by atoms with Gasteiger partial charge in [-0.05, 0) is 76.5 Å². The highest BCUT2D eigenvalue weighted by Crippen LogP contribution is 2.72. The fraction of sp³-hybridized carbons (Fsp3) is 0.735. The van der Waals surface area contributed by atoms with E-state index in [1.54, 1.807) is 20.8 Å². The van der Waals surface area contributed by atoms with E-state index < -0.39 is 112 Å². The van der Waals surface area contributed by atoms with E-state index in [9.17, 15) is 39.2 Å². The van der Waals surface area contributed by atoms with Gasteiger partial charge in [-0.2, -0.15) is 0 Å². The molecule has 5 rings (SSSR count). The maximum absolute atomic E-state index is 17.6. The van der Waals surface area contributed by atoms with E-state index in [1.165, 1.54) is 19.1 Å². The van der Waals surface area contributed by atoms with Crippen LogP contribution in [-0.2, 0) is 47.8 Å². The normalized spacial score (nSPS) is 37.8. The maximum Gasteiger partial charge on any atom is 0.329 e. The number of aliphatic hydroxyl groups excluding tert-OH is 1. The topological polar surface area (TPSA) is 207 Å². The van der Waals surface area contributed by atoms with Gasteiger partial charge < -0.3 is 34.2 Å². The van der Waals surface area contributed by atoms with Crippen LogP contribution < -0.4 is 5.32 Å². The van der Waals surface area contributed by atoms with E-state index >= 15 is 8.78 Å². The Morgan fingerprint density at radius 3 is 2.47 bits per heavy atom. The summed E-state index contributed by atoms with van der Waals surface area (Å²) < 4.78 is 56.5. The van der Waals surface area contributed by atoms with Crippen molar-refractivity contribution in [2.75, 3.05) is 19.8 Å². The summed E-state index contributed by atoms with van der Waals surface area (Å²) in [5.41, 5.74) is -7.24. The van der Waals surface area contributed by atoms with Gasteiger partial charge in [-0.25, -0.2) is 13.6 Å². The molecule has 15 nitrogen and oxygen atoms in total. The molecule has 1 amide bonds. The molecule has 10 atom stereocenters. The van der Waals surface area contributed by atoms with E-state index in [1.807, 2.05) is 0 Å². The number of ether oxygens (including phenoxy) is 4. The lowest BCUT2D eigenvalue weighted by molar-refractivity contribution is -0.757. The average molecular weight is 727 g/mol. The molecule has 0 spiro atoms. The van der Waals surface area contributed by atoms with Crippen LogP contribution in [0.15, 0.2) is 23.8 Å². The minimum atomic E-state index is -2.40. The molecular formula is C34H44F2N2O13. The van der Waals surface area contributed by atoms with Crippen molar-refractivity contribution in [2.45, 2.75) is 115 Å². The van der Waals surface area contributed by atoms with E-state index in [0.717, 1.165) is 13.0 Å². The molecule has 0 unspecified atom stereocenters. The highest BCUT2D eigenvalue weighted by Gasteiger charge is 2.80. The van der Waals surface area contributed by atoms with Gasteiger partial charge >= 0.3 is 11.9 Å². The van der Waals surface area contributed by atoms with Crippen molar-refractivity contribution in [1.82, 2.24) is 5.32 Å². The van der Waals surface area contributed by atoms with E-state index in [-0.39, 0.29) is 50.9 Å². The van der Waals surface area contributed by atoms with Gasteiger partial charge in [-0.15, -0.1) is 10.1 Å². The summed E-state index contributed by atoms with van der Waals surface area (Å²) >= 11 is 0. The quantitative estimate of drug-likeness (QED) is 0.121. The Morgan fingerprint density at radius 2 is 1.80 bits per heavy atom. The van der Waals surface area contributed by atoms with Crippen molar-refractivity contribution in [1.29, 1.82) is 0 Å². The summed E-state index contributed by atoms with van der Waals surface area (Å²) in [6.07, 6.45) is -1.68. The number of alkyl halides is 2. The first-order chi connectivity index (χ1) is 23.7. The first-order valence-electron chi connectivity index (χ1n) is 17.0. The lowest BCUT2D eigenvalue weighted by Gasteiger charge is -2.63. The van der Waals surface area contributed by atoms with Crippen LogP contribution in [0.4, 0.5) is 8.78 Å². The summed E-state index contributed by atoms with van der Waals surface area (Å²) in [5, 5.41) is 23.3. The summed E-state index contributed by atoms with van der Waals surface area (Å²) in [6.45, 7) is 6.17. The summed E-state index contributed by atoms with van der Waals surface area (Å²) in [5.74, 6) is -7.06. The van der Waals surface area contributed by atoms with Crippen LogP contribution in [0.2, 0.25) is 0 Å². The van der Waals surface area contributed by atoms with Gasteiger partial charge in [-0.3, -0.25) is 19.2 Å². The molecule has 0 aromatic heterocycles. The van der Waals surface area contributed by atoms with Crippen LogP contribution in [-0.4, -0.2) is 101 Å². The largest absolute Gasteiger partial charge is 0.464 e. The molecular weight excluding hydrogens is 682 g/mol. The molecule has 282 valence electrons. The molecule has 0 aromatic carbocycles. The number of fused-ring (bicyclic) bond motifs is 7. The molecule has 0 aromatic rings. The Kier molecular flexibility index (Phi) is 10.3. The third kappa shape index (κ3) is 6.45. The highest BCUT2D eigenvalue weighted by molar-refractivity contribution is 6.01. The number of Topliss-reactive ketones (excluding diaryl/α,β-unsaturated/α-hetero) is 1. The van der Waals surface area contributed by atoms with Crippen molar-refractivity contribution < 1.29 is 66.7 Å². The molecule has 4 fully saturated rings. The van der Waals surface area contributed by atoms with Gasteiger partial charge in [-0.1, -0.05) is 13.0 Å². The zero-order valence-corrected chi connectivity index (χ0v) is 29.1. The number of rotatable bonds is 13. The Hall–Kier alpha value is -3.83. The third-order valence-corrected chi connectivity index (χ3v) is 11.4. The molecule has 17 heteroatoms. The summed E-state index contributed by atoms with van der Waals surface area (Å²) in [6, 6.07) is -1.47. The Labute approximate surface area is 292 Å². The molecule has 0 radical (unpaired) electrons. The van der Waals surface area contributed by atoms with Crippen molar-refractivity contribution >= 4 is 29.4 Å². The third-order valence-electron chi connectivity index (χ3n) is 11.4. The van der Waals surface area contributed by atoms with Gasteiger partial charge in [0.25, 0.3) is 5.09 Å². The first-order valence-corrected chi connectivity index (χ1v) is 17.0. The number of ketones is 2. The fourth-order valence-electron chi connectivity index (χ4n) is 9.34. The minimum absolute atomic E-state index is 0.0373. The second-order valence-corrected chi connectivity index (χ2v) is 14.9. The van der Waals surface area contributed by atoms with Crippen LogP contribution in [0.25, 0.3) is 0 Å². The molecule has 5 aliphatic rings. The van der Waals surface area contributed by atoms with Crippen LogP contribution in [0.5, 0.6) is 0 Å². The number of carbonyl (C=O) groups is 5. The first kappa shape index (κ1) is 38.4. The van der Waals surface area contributed by atoms with E-state index in [0.29, 0.717) is 0 Å². The number of carbonyl (C=O) groups excluding carboxylic acids is 5. The van der Waals surface area contributed by atoms with E-state index in [4.69, 9.17) is 18.9 Å². The summed E-state index contributed by atoms with van der Waals surface area (Å²) in [4.78, 5) is 78.3. The highest BCUT2D eigenvalue weighted by atomic mass is 19.1. The number of aliphatic hydroxyl groups is 1. The predicted molar refractivity (Wildman–Crippen MR) is 168 cm³/mol. The molecule has 0 bridgehead atoms. The lowest BCUT2D eigenvalue weighted by Crippen LogP contribution is -2.71. The minimum Gasteiger partial charge on any atom is -0.464 e. The van der Waals surface area contributed by atoms with Crippen LogP contribution in [0.3, 0.4) is 0 Å². The fourth-order valence-corrected chi connectivity index (χ4v) is 9.34. The van der Waals surface area contributed by atoms with Crippen molar-refractivity contribution in [2.24, 2.45) is 22.7 Å². The van der Waals surface area contributed by atoms with Gasteiger partial charge in [0.15, 0.2) is 29.4 Å². The van der Waals surface area contributed by atoms with Crippen LogP contribution in [0.1, 0.15) is 73.1 Å². The predicted octanol–water partition coefficient (Wildman–Crippen LogP) is 2.34. The number of esters is 2. The lowest BCUT2D eigenvalue weighted by atomic mass is 9.44. The van der Waals surface area contributed by atoms with Crippen molar-refractivity contribution in [3.8, 4) is 0 Å². The molecule has 1 aliphatic heterocycles. The number of hydrogen-bond acceptors (Lipinski definition) is 13. The second kappa shape index (κ2) is 13.6. The van der Waals surface area contributed by atoms with E-state index in [2.05, 4.69) is 10.2 Å². The van der Waals surface area contributed by atoms with Gasteiger partial charge in [0.1, 0.15) is 12.2 Å². The molecule has 3 saturated carbocycles. The molecule has 1 heterocycles. The zero-order valence-electron chi connectivity index (χ0n) is 29.1. The molecule has 2 N–H and O–H groups in total. The Morgan fingerprint density at radius 1 is 1.12 bits per heavy atom. The SMILES string of the molecule is CC(=O)N[C@@H](CC(=O)OCC(=O)[C@]12OC(C)(C)O[C@H]1C[C@H]1[C@@H]3C[C@H](F)C4=CC(=O)C=C[C@]4(C)[C@@]3(F)[C@@H](O)C[C@@]12C)C(=O)OCCCCO[N+](=O)[O-]. The van der Waals surface area contributed by atoms with Gasteiger partial charge in [0, 0.05) is 23.7 Å². The van der Waals surface area contributed by atoms with Crippen LogP contribution >= 0.6 is 0 Å². The number of unbranched alkanes of at least 4 members (excludes halogenated alkanes) is 1. The second-order valence-electron chi connectivity index (χ2n) is 14.9. The number of hydrogen-bond donors (Lipinski definition) is 2. The van der Waals surface area contributed by atoms with Gasteiger partial charge in [0.2, 0.25) is 11.7 Å². The van der Waals surface area contributed by atoms with Crippen molar-refractivity contribution in [3.63, 3.8) is 0 Å². The zero-order chi connectivity index (χ0) is 37.7. The Bertz CT molecular complexity index is 1550. The number of nitrogens with zero attached hydrogens (tertiary/aromatic N) is 1. The van der Waals surface area contributed by atoms with Crippen LogP contribution in [0, 0.1) is 32.8 Å². The average Bonchev–Trinajstić information content (AvgIpc) is 3.44. The standard InChI is InChI=1S/C34H44F2N2O13/c1-18(39)37-24(29(44)47-10-6-7-11-49-38(45)46)15-28(43)48-17-26(42)34-27(50-30(2,3)51-34)14-20-21-13-23(35)22-12-19(40)8-9-31(22,4)33(21,36)25(41)16-32(20,34)5/h8-9,12,20-21,23-25,27,41H,6-7,10-11,13-17H2,1-5H3,(H,37,39)/t20-,21-,23-,24-,25-,27-,31-,32-,33-,34-/m0/s1. The monoisotopic (exact) mass is 726 g/mol.